The van der Waals surface area contributed by atoms with Gasteiger partial charge >= 0.3 is 5.97 Å². The average molecular weight is 485 g/mol. The van der Waals surface area contributed by atoms with E-state index in [1.165, 1.54) is 25.3 Å². The molecule has 33 heavy (non-hydrogen) atoms. The van der Waals surface area contributed by atoms with Crippen LogP contribution in [0.2, 0.25) is 5.02 Å². The van der Waals surface area contributed by atoms with Gasteiger partial charge in [0.05, 0.1) is 28.3 Å². The zero-order valence-corrected chi connectivity index (χ0v) is 19.2. The van der Waals surface area contributed by atoms with Gasteiger partial charge in [0.25, 0.3) is 10.0 Å². The van der Waals surface area contributed by atoms with Crippen molar-refractivity contribution in [3.05, 3.63) is 101 Å². The second kappa shape index (κ2) is 10.8. The summed E-state index contributed by atoms with van der Waals surface area (Å²) >= 11 is 6.01. The summed E-state index contributed by atoms with van der Waals surface area (Å²) in [6.45, 7) is 0.287. The summed E-state index contributed by atoms with van der Waals surface area (Å²) in [6.07, 6.45) is 2.93. The summed E-state index contributed by atoms with van der Waals surface area (Å²) < 4.78 is 32.2. The van der Waals surface area contributed by atoms with Crippen LogP contribution in [0.5, 0.6) is 0 Å². The molecule has 0 aliphatic heterocycles. The summed E-state index contributed by atoms with van der Waals surface area (Å²) in [5, 5.41) is 3.04. The molecule has 3 rings (SSSR count). The van der Waals surface area contributed by atoms with Crippen LogP contribution in [0.1, 0.15) is 21.5 Å². The molecule has 0 radical (unpaired) electrons. The van der Waals surface area contributed by atoms with Gasteiger partial charge in [0.15, 0.2) is 0 Å². The molecule has 0 bridgehead atoms. The number of esters is 1. The number of carbonyl (C=O) groups excluding carboxylic acids is 2. The van der Waals surface area contributed by atoms with Crippen molar-refractivity contribution in [1.29, 1.82) is 0 Å². The molecule has 0 aliphatic carbocycles. The Morgan fingerprint density at radius 1 is 0.970 bits per heavy atom. The van der Waals surface area contributed by atoms with E-state index in [0.717, 1.165) is 5.56 Å². The molecule has 0 fully saturated rings. The Balaban J connectivity index is 1.56. The van der Waals surface area contributed by atoms with Gasteiger partial charge in [0.2, 0.25) is 5.91 Å². The first-order valence-corrected chi connectivity index (χ1v) is 11.7. The molecule has 0 spiro atoms. The highest BCUT2D eigenvalue weighted by molar-refractivity contribution is 7.92. The van der Waals surface area contributed by atoms with E-state index in [0.29, 0.717) is 21.8 Å². The van der Waals surface area contributed by atoms with Gasteiger partial charge in [-0.1, -0.05) is 48.0 Å². The van der Waals surface area contributed by atoms with Gasteiger partial charge in [0.1, 0.15) is 0 Å². The molecule has 0 atom stereocenters. The highest BCUT2D eigenvalue weighted by atomic mass is 35.5. The number of sulfonamides is 1. The van der Waals surface area contributed by atoms with E-state index in [2.05, 4.69) is 14.8 Å². The summed E-state index contributed by atoms with van der Waals surface area (Å²) in [5.41, 5.74) is 2.20. The molecule has 0 saturated carbocycles. The number of hydrogen-bond donors (Lipinski definition) is 2. The van der Waals surface area contributed by atoms with Crippen molar-refractivity contribution in [3.63, 3.8) is 0 Å². The van der Waals surface area contributed by atoms with Crippen molar-refractivity contribution >= 4 is 45.3 Å². The quantitative estimate of drug-likeness (QED) is 0.367. The van der Waals surface area contributed by atoms with Crippen molar-refractivity contribution < 1.29 is 22.7 Å². The molecule has 1 amide bonds. The fraction of sp³-hybridized carbons (Fsp3) is 0.0833. The zero-order valence-electron chi connectivity index (χ0n) is 17.6. The number of ether oxygens (including phenoxy) is 1. The number of anilines is 1. The predicted molar refractivity (Wildman–Crippen MR) is 127 cm³/mol. The van der Waals surface area contributed by atoms with Crippen molar-refractivity contribution in [2.45, 2.75) is 11.4 Å². The second-order valence-corrected chi connectivity index (χ2v) is 8.98. The van der Waals surface area contributed by atoms with Crippen LogP contribution in [0, 0.1) is 0 Å². The van der Waals surface area contributed by atoms with Crippen LogP contribution in [0.3, 0.4) is 0 Å². The molecule has 170 valence electrons. The third-order valence-corrected chi connectivity index (χ3v) is 6.29. The lowest BCUT2D eigenvalue weighted by molar-refractivity contribution is -0.116. The Kier molecular flexibility index (Phi) is 7.87. The Labute approximate surface area is 197 Å². The normalized spacial score (nSPS) is 11.2. The topological polar surface area (TPSA) is 102 Å². The Hall–Kier alpha value is -3.62. The minimum absolute atomic E-state index is 0.0689. The van der Waals surface area contributed by atoms with E-state index in [4.69, 9.17) is 11.6 Å². The first-order chi connectivity index (χ1) is 15.8. The van der Waals surface area contributed by atoms with Crippen LogP contribution in [-0.2, 0) is 26.1 Å². The molecule has 7 nitrogen and oxygen atoms in total. The van der Waals surface area contributed by atoms with Gasteiger partial charge in [-0.05, 0) is 53.6 Å². The maximum Gasteiger partial charge on any atom is 0.337 e. The Morgan fingerprint density at radius 3 is 2.27 bits per heavy atom. The molecule has 0 unspecified atom stereocenters. The number of para-hydroxylation sites is 1. The van der Waals surface area contributed by atoms with E-state index in [9.17, 15) is 18.0 Å². The van der Waals surface area contributed by atoms with Crippen LogP contribution in [0.4, 0.5) is 5.69 Å². The van der Waals surface area contributed by atoms with E-state index in [1.807, 2.05) is 0 Å². The van der Waals surface area contributed by atoms with Gasteiger partial charge in [-0.25, -0.2) is 13.2 Å². The highest BCUT2D eigenvalue weighted by Crippen LogP contribution is 2.24. The molecule has 0 saturated heterocycles. The number of benzene rings is 3. The molecular formula is C24H21ClN2O5S. The van der Waals surface area contributed by atoms with Crippen molar-refractivity contribution in [2.75, 3.05) is 11.8 Å². The van der Waals surface area contributed by atoms with Gasteiger partial charge in [-0.3, -0.25) is 9.52 Å². The molecule has 3 aromatic carbocycles. The number of methoxy groups -OCH3 is 1. The van der Waals surface area contributed by atoms with E-state index in [-0.39, 0.29) is 17.3 Å². The van der Waals surface area contributed by atoms with Crippen LogP contribution >= 0.6 is 11.6 Å². The minimum atomic E-state index is -3.80. The average Bonchev–Trinajstić information content (AvgIpc) is 2.83. The van der Waals surface area contributed by atoms with Gasteiger partial charge in [-0.2, -0.15) is 0 Å². The zero-order chi connectivity index (χ0) is 23.8. The highest BCUT2D eigenvalue weighted by Gasteiger charge is 2.15. The lowest BCUT2D eigenvalue weighted by Gasteiger charge is -2.09. The largest absolute Gasteiger partial charge is 0.465 e. The Morgan fingerprint density at radius 2 is 1.64 bits per heavy atom. The molecule has 0 heterocycles. The van der Waals surface area contributed by atoms with Crippen LogP contribution in [-0.4, -0.2) is 27.4 Å². The lowest BCUT2D eigenvalue weighted by atomic mass is 10.1. The summed E-state index contributed by atoms with van der Waals surface area (Å²) in [5.74, 6) is -0.740. The van der Waals surface area contributed by atoms with Crippen molar-refractivity contribution in [3.8, 4) is 0 Å². The van der Waals surface area contributed by atoms with Crippen LogP contribution in [0.15, 0.2) is 83.8 Å². The van der Waals surface area contributed by atoms with Crippen LogP contribution in [0.25, 0.3) is 6.08 Å². The first kappa shape index (κ1) is 24.0. The maximum atomic E-state index is 12.5. The molecular weight excluding hydrogens is 464 g/mol. The smallest absolute Gasteiger partial charge is 0.337 e. The predicted octanol–water partition coefficient (Wildman–Crippen LogP) is 4.26. The monoisotopic (exact) mass is 484 g/mol. The minimum Gasteiger partial charge on any atom is -0.465 e. The van der Waals surface area contributed by atoms with Crippen LogP contribution < -0.4 is 10.0 Å². The SMILES string of the molecule is COC(=O)c1ccc(CNC(=O)/C=C/c2ccc(S(=O)(=O)Nc3ccccc3Cl)cc2)cc1. The molecule has 3 aromatic rings. The Bertz CT molecular complexity index is 1270. The van der Waals surface area contributed by atoms with Crippen molar-refractivity contribution in [1.82, 2.24) is 5.32 Å². The number of nitrogens with one attached hydrogen (secondary N) is 2. The summed E-state index contributed by atoms with van der Waals surface area (Å²) in [7, 11) is -2.49. The lowest BCUT2D eigenvalue weighted by Crippen LogP contribution is -2.20. The third-order valence-electron chi connectivity index (χ3n) is 4.58. The first-order valence-electron chi connectivity index (χ1n) is 9.79. The number of rotatable bonds is 8. The van der Waals surface area contributed by atoms with E-state index < -0.39 is 16.0 Å². The fourth-order valence-corrected chi connectivity index (χ4v) is 4.12. The number of hydrogen-bond acceptors (Lipinski definition) is 5. The molecule has 0 aromatic heterocycles. The summed E-state index contributed by atoms with van der Waals surface area (Å²) in [6, 6.07) is 19.3. The van der Waals surface area contributed by atoms with Crippen molar-refractivity contribution in [2.24, 2.45) is 0 Å². The van der Waals surface area contributed by atoms with E-state index in [1.54, 1.807) is 66.7 Å². The second-order valence-electron chi connectivity index (χ2n) is 6.89. The van der Waals surface area contributed by atoms with Gasteiger partial charge < -0.3 is 10.1 Å². The standard InChI is InChI=1S/C24H21ClN2O5S/c1-32-24(29)19-11-6-18(7-12-19)16-26-23(28)15-10-17-8-13-20(14-9-17)33(30,31)27-22-5-3-2-4-21(22)25/h2-15,27H,16H2,1H3,(H,26,28)/b15-10+. The number of halogens is 1. The third kappa shape index (κ3) is 6.68. The summed E-state index contributed by atoms with van der Waals surface area (Å²) in [4.78, 5) is 23.6. The van der Waals surface area contributed by atoms with Gasteiger partial charge in [0, 0.05) is 12.6 Å². The maximum absolute atomic E-state index is 12.5. The number of carbonyl (C=O) groups is 2. The van der Waals surface area contributed by atoms with E-state index >= 15 is 0 Å². The molecule has 0 aliphatic rings. The molecule has 9 heteroatoms. The number of amides is 1. The van der Waals surface area contributed by atoms with Gasteiger partial charge in [-0.15, -0.1) is 0 Å². The molecule has 2 N–H and O–H groups in total. The fourth-order valence-electron chi connectivity index (χ4n) is 2.80.